The van der Waals surface area contributed by atoms with Crippen molar-refractivity contribution in [3.8, 4) is 0 Å². The molecule has 1 aromatic carbocycles. The summed E-state index contributed by atoms with van der Waals surface area (Å²) in [7, 11) is 0. The molecule has 0 amide bonds. The fraction of sp³-hybridized carbons (Fsp3) is 0.571. The van der Waals surface area contributed by atoms with Gasteiger partial charge in [0.2, 0.25) is 0 Å². The Morgan fingerprint density at radius 2 is 2.06 bits per heavy atom. The van der Waals surface area contributed by atoms with Gasteiger partial charge in [-0.25, -0.2) is 4.39 Å². The molecule has 1 atom stereocenters. The molecule has 4 heteroatoms. The molecule has 1 saturated carbocycles. The molecule has 0 aliphatic heterocycles. The Labute approximate surface area is 116 Å². The van der Waals surface area contributed by atoms with Crippen LogP contribution >= 0.6 is 15.9 Å². The van der Waals surface area contributed by atoms with Crippen molar-refractivity contribution in [1.82, 2.24) is 5.32 Å². The van der Waals surface area contributed by atoms with Crippen molar-refractivity contribution < 1.29 is 9.50 Å². The van der Waals surface area contributed by atoms with Gasteiger partial charge < -0.3 is 10.4 Å². The molecule has 2 nitrogen and oxygen atoms in total. The molecule has 2 rings (SSSR count). The van der Waals surface area contributed by atoms with E-state index in [1.54, 1.807) is 12.1 Å². The second kappa shape index (κ2) is 6.64. The van der Waals surface area contributed by atoms with Crippen LogP contribution in [0.15, 0.2) is 22.7 Å². The quantitative estimate of drug-likeness (QED) is 0.890. The van der Waals surface area contributed by atoms with E-state index in [4.69, 9.17) is 0 Å². The highest BCUT2D eigenvalue weighted by molar-refractivity contribution is 9.10. The number of aliphatic hydroxyl groups excluding tert-OH is 1. The van der Waals surface area contributed by atoms with E-state index >= 15 is 0 Å². The van der Waals surface area contributed by atoms with Crippen molar-refractivity contribution >= 4 is 15.9 Å². The van der Waals surface area contributed by atoms with Gasteiger partial charge in [0.15, 0.2) is 0 Å². The minimum atomic E-state index is -0.270. The van der Waals surface area contributed by atoms with Gasteiger partial charge in [-0.2, -0.15) is 0 Å². The zero-order valence-corrected chi connectivity index (χ0v) is 11.9. The minimum Gasteiger partial charge on any atom is -0.394 e. The molecule has 0 aromatic heterocycles. The number of hydrogen-bond acceptors (Lipinski definition) is 2. The molecule has 0 spiro atoms. The Balaban J connectivity index is 2.04. The molecule has 1 aliphatic carbocycles. The first kappa shape index (κ1) is 14.0. The Kier molecular flexibility index (Phi) is 5.15. The van der Waals surface area contributed by atoms with E-state index < -0.39 is 0 Å². The molecule has 1 aliphatic rings. The Morgan fingerprint density at radius 3 is 2.67 bits per heavy atom. The maximum atomic E-state index is 13.2. The lowest BCUT2D eigenvalue weighted by atomic mass is 9.94. The average molecular weight is 316 g/mol. The van der Waals surface area contributed by atoms with Gasteiger partial charge in [-0.1, -0.05) is 25.3 Å². The predicted octanol–water partition coefficient (Wildman–Crippen LogP) is 3.54. The molecule has 0 saturated heterocycles. The van der Waals surface area contributed by atoms with Crippen LogP contribution in [0.1, 0.15) is 43.7 Å². The summed E-state index contributed by atoms with van der Waals surface area (Å²) in [4.78, 5) is 0. The SMILES string of the molecule is OCC(NC1CCCCC1)c1ccc(F)c(Br)c1. The van der Waals surface area contributed by atoms with E-state index in [1.807, 2.05) is 0 Å². The molecule has 1 aromatic rings. The smallest absolute Gasteiger partial charge is 0.137 e. The van der Waals surface area contributed by atoms with Crippen molar-refractivity contribution in [3.05, 3.63) is 34.1 Å². The summed E-state index contributed by atoms with van der Waals surface area (Å²) >= 11 is 3.18. The van der Waals surface area contributed by atoms with Gasteiger partial charge in [0.1, 0.15) is 5.82 Å². The van der Waals surface area contributed by atoms with Crippen LogP contribution in [0.2, 0.25) is 0 Å². The molecule has 0 heterocycles. The highest BCUT2D eigenvalue weighted by Crippen LogP contribution is 2.24. The van der Waals surface area contributed by atoms with E-state index in [9.17, 15) is 9.50 Å². The van der Waals surface area contributed by atoms with E-state index in [0.29, 0.717) is 10.5 Å². The van der Waals surface area contributed by atoms with Gasteiger partial charge >= 0.3 is 0 Å². The summed E-state index contributed by atoms with van der Waals surface area (Å²) in [5.74, 6) is -0.270. The second-order valence-electron chi connectivity index (χ2n) is 4.91. The topological polar surface area (TPSA) is 32.3 Å². The Morgan fingerprint density at radius 1 is 1.33 bits per heavy atom. The normalized spacial score (nSPS) is 18.8. The van der Waals surface area contributed by atoms with E-state index in [0.717, 1.165) is 5.56 Å². The summed E-state index contributed by atoms with van der Waals surface area (Å²) in [5, 5.41) is 13.0. The van der Waals surface area contributed by atoms with Gasteiger partial charge in [-0.15, -0.1) is 0 Å². The summed E-state index contributed by atoms with van der Waals surface area (Å²) in [6, 6.07) is 5.28. The Bertz CT molecular complexity index is 393. The molecule has 0 radical (unpaired) electrons. The maximum absolute atomic E-state index is 13.2. The van der Waals surface area contributed by atoms with Crippen LogP contribution in [0.3, 0.4) is 0 Å². The summed E-state index contributed by atoms with van der Waals surface area (Å²) in [6.45, 7) is 0.0363. The van der Waals surface area contributed by atoms with Crippen molar-refractivity contribution in [1.29, 1.82) is 0 Å². The van der Waals surface area contributed by atoms with Crippen LogP contribution in [0, 0.1) is 5.82 Å². The van der Waals surface area contributed by atoms with Crippen LogP contribution in [-0.2, 0) is 0 Å². The van der Waals surface area contributed by atoms with Crippen molar-refractivity contribution in [2.75, 3.05) is 6.61 Å². The fourth-order valence-electron chi connectivity index (χ4n) is 2.54. The monoisotopic (exact) mass is 315 g/mol. The maximum Gasteiger partial charge on any atom is 0.137 e. The largest absolute Gasteiger partial charge is 0.394 e. The third-order valence-electron chi connectivity index (χ3n) is 3.57. The van der Waals surface area contributed by atoms with Gasteiger partial charge in [0.25, 0.3) is 0 Å². The molecular formula is C14H19BrFNO. The molecule has 2 N–H and O–H groups in total. The molecule has 18 heavy (non-hydrogen) atoms. The van der Waals surface area contributed by atoms with Gasteiger partial charge in [0.05, 0.1) is 17.1 Å². The van der Waals surface area contributed by atoms with Crippen LogP contribution < -0.4 is 5.32 Å². The first-order chi connectivity index (χ1) is 8.70. The first-order valence-electron chi connectivity index (χ1n) is 6.52. The van der Waals surface area contributed by atoms with Crippen molar-refractivity contribution in [2.24, 2.45) is 0 Å². The van der Waals surface area contributed by atoms with E-state index in [-0.39, 0.29) is 18.5 Å². The third-order valence-corrected chi connectivity index (χ3v) is 4.18. The zero-order chi connectivity index (χ0) is 13.0. The van der Waals surface area contributed by atoms with Crippen LogP contribution in [0.25, 0.3) is 0 Å². The van der Waals surface area contributed by atoms with Crippen LogP contribution in [0.5, 0.6) is 0 Å². The highest BCUT2D eigenvalue weighted by atomic mass is 79.9. The fourth-order valence-corrected chi connectivity index (χ4v) is 2.93. The summed E-state index contributed by atoms with van der Waals surface area (Å²) < 4.78 is 13.6. The van der Waals surface area contributed by atoms with Crippen LogP contribution in [-0.4, -0.2) is 17.8 Å². The lowest BCUT2D eigenvalue weighted by molar-refractivity contribution is 0.220. The first-order valence-corrected chi connectivity index (χ1v) is 7.32. The average Bonchev–Trinajstić information content (AvgIpc) is 2.40. The third kappa shape index (κ3) is 3.53. The molecular weight excluding hydrogens is 297 g/mol. The highest BCUT2D eigenvalue weighted by Gasteiger charge is 2.19. The molecule has 1 fully saturated rings. The molecule has 0 bridgehead atoms. The van der Waals surface area contributed by atoms with Gasteiger partial charge in [-0.05, 0) is 46.5 Å². The number of nitrogens with one attached hydrogen (secondary N) is 1. The second-order valence-corrected chi connectivity index (χ2v) is 5.76. The van der Waals surface area contributed by atoms with Crippen molar-refractivity contribution in [3.63, 3.8) is 0 Å². The zero-order valence-electron chi connectivity index (χ0n) is 10.3. The van der Waals surface area contributed by atoms with Gasteiger partial charge in [0, 0.05) is 6.04 Å². The Hall–Kier alpha value is -0.450. The number of rotatable bonds is 4. The van der Waals surface area contributed by atoms with E-state index in [2.05, 4.69) is 21.2 Å². The lowest BCUT2D eigenvalue weighted by Crippen LogP contribution is -2.36. The molecule has 1 unspecified atom stereocenters. The van der Waals surface area contributed by atoms with Crippen LogP contribution in [0.4, 0.5) is 4.39 Å². The van der Waals surface area contributed by atoms with Gasteiger partial charge in [-0.3, -0.25) is 0 Å². The summed E-state index contributed by atoms with van der Waals surface area (Å²) in [6.07, 6.45) is 6.15. The number of benzene rings is 1. The standard InChI is InChI=1S/C14H19BrFNO/c15-12-8-10(6-7-13(12)16)14(9-18)17-11-4-2-1-3-5-11/h6-8,11,14,17-18H,1-5,9H2. The summed E-state index contributed by atoms with van der Waals surface area (Å²) in [5.41, 5.74) is 0.927. The van der Waals surface area contributed by atoms with Crippen molar-refractivity contribution in [2.45, 2.75) is 44.2 Å². The number of halogens is 2. The lowest BCUT2D eigenvalue weighted by Gasteiger charge is -2.28. The molecule has 100 valence electrons. The predicted molar refractivity (Wildman–Crippen MR) is 73.9 cm³/mol. The number of aliphatic hydroxyl groups is 1. The minimum absolute atomic E-state index is 0.0363. The number of hydrogen-bond donors (Lipinski definition) is 2. The van der Waals surface area contributed by atoms with E-state index in [1.165, 1.54) is 38.2 Å².